The summed E-state index contributed by atoms with van der Waals surface area (Å²) >= 11 is 0. The van der Waals surface area contributed by atoms with Gasteiger partial charge in [0.05, 0.1) is 6.54 Å². The van der Waals surface area contributed by atoms with Crippen LogP contribution in [0.3, 0.4) is 0 Å². The van der Waals surface area contributed by atoms with E-state index in [2.05, 4.69) is 5.10 Å². The lowest BCUT2D eigenvalue weighted by atomic mass is 10.1. The van der Waals surface area contributed by atoms with Crippen LogP contribution < -0.4 is 9.47 Å². The fraction of sp³-hybridized carbons (Fsp3) is 0.500. The summed E-state index contributed by atoms with van der Waals surface area (Å²) in [5.74, 6) is 1.22. The van der Waals surface area contributed by atoms with Gasteiger partial charge in [0.25, 0.3) is 5.91 Å². The van der Waals surface area contributed by atoms with Crippen LogP contribution in [0.5, 0.6) is 11.5 Å². The smallest absolute Gasteiger partial charge is 0.270 e. The summed E-state index contributed by atoms with van der Waals surface area (Å²) in [6, 6.07) is 7.51. The van der Waals surface area contributed by atoms with E-state index < -0.39 is 0 Å². The fourth-order valence-electron chi connectivity index (χ4n) is 2.95. The fourth-order valence-corrected chi connectivity index (χ4v) is 2.95. The van der Waals surface area contributed by atoms with Crippen molar-refractivity contribution >= 4 is 17.5 Å². The Balaban J connectivity index is 1.68. The second-order valence-electron chi connectivity index (χ2n) is 6.21. The maximum absolute atomic E-state index is 12.8. The van der Waals surface area contributed by atoms with Crippen molar-refractivity contribution in [2.24, 2.45) is 5.10 Å². The molecule has 7 nitrogen and oxygen atoms in total. The minimum absolute atomic E-state index is 0.0702. The lowest BCUT2D eigenvalue weighted by Crippen LogP contribution is -2.47. The molecule has 1 aromatic carbocycles. The largest absolute Gasteiger partial charge is 0.486 e. The first kappa shape index (κ1) is 17.3. The lowest BCUT2D eigenvalue weighted by molar-refractivity contribution is -0.131. The van der Waals surface area contributed by atoms with Crippen molar-refractivity contribution in [1.82, 2.24) is 9.91 Å². The van der Waals surface area contributed by atoms with Gasteiger partial charge in [0.15, 0.2) is 17.6 Å². The Bertz CT molecular complexity index is 689. The molecule has 1 atom stereocenters. The minimum Gasteiger partial charge on any atom is -0.486 e. The van der Waals surface area contributed by atoms with Crippen molar-refractivity contribution in [2.75, 3.05) is 26.7 Å². The van der Waals surface area contributed by atoms with Crippen LogP contribution in [0.2, 0.25) is 0 Å². The highest BCUT2D eigenvalue weighted by Crippen LogP contribution is 2.31. The summed E-state index contributed by atoms with van der Waals surface area (Å²) in [4.78, 5) is 26.1. The molecule has 2 amide bonds. The van der Waals surface area contributed by atoms with Crippen molar-refractivity contribution in [3.05, 3.63) is 24.3 Å². The van der Waals surface area contributed by atoms with Gasteiger partial charge in [0.2, 0.25) is 5.91 Å². The van der Waals surface area contributed by atoms with Gasteiger partial charge in [0, 0.05) is 26.4 Å². The third kappa shape index (κ3) is 3.92. The zero-order chi connectivity index (χ0) is 17.8. The van der Waals surface area contributed by atoms with Crippen molar-refractivity contribution < 1.29 is 19.1 Å². The first-order valence-electron chi connectivity index (χ1n) is 8.60. The Labute approximate surface area is 147 Å². The number of amides is 2. The van der Waals surface area contributed by atoms with Crippen molar-refractivity contribution in [1.29, 1.82) is 0 Å². The van der Waals surface area contributed by atoms with Crippen molar-refractivity contribution in [3.63, 3.8) is 0 Å². The molecular formula is C18H23N3O4. The van der Waals surface area contributed by atoms with E-state index in [1.54, 1.807) is 11.9 Å². The first-order chi connectivity index (χ1) is 12.1. The number of para-hydroxylation sites is 2. The average molecular weight is 345 g/mol. The number of carbonyl (C=O) groups excluding carboxylic acids is 2. The number of benzene rings is 1. The first-order valence-corrected chi connectivity index (χ1v) is 8.60. The molecule has 0 radical (unpaired) electrons. The summed E-state index contributed by atoms with van der Waals surface area (Å²) in [6.45, 7) is 3.45. The number of hydrogen-bond acceptors (Lipinski definition) is 5. The maximum Gasteiger partial charge on any atom is 0.270 e. The molecule has 2 aliphatic heterocycles. The number of hydrazone groups is 1. The number of carbonyl (C=O) groups is 2. The van der Waals surface area contributed by atoms with Crippen LogP contribution >= 0.6 is 0 Å². The van der Waals surface area contributed by atoms with E-state index in [1.807, 2.05) is 31.2 Å². The standard InChI is InChI=1S/C18H23N3O4/c1-3-10-21(18(23)14-8-9-17(22)20(2)19-14)11-13-12-24-15-6-4-5-7-16(15)25-13/h4-7,13H,3,8-12H2,1-2H3. The van der Waals surface area contributed by atoms with E-state index in [1.165, 1.54) is 5.01 Å². The molecule has 0 saturated heterocycles. The molecule has 7 heteroatoms. The molecule has 1 unspecified atom stereocenters. The molecule has 0 aliphatic carbocycles. The van der Waals surface area contributed by atoms with Gasteiger partial charge in [-0.05, 0) is 18.6 Å². The SMILES string of the molecule is CCCN(CC1COc2ccccc2O1)C(=O)C1=NN(C)C(=O)CC1. The van der Waals surface area contributed by atoms with Gasteiger partial charge in [-0.1, -0.05) is 19.1 Å². The van der Waals surface area contributed by atoms with Crippen LogP contribution in [0.4, 0.5) is 0 Å². The van der Waals surface area contributed by atoms with Crippen LogP contribution in [0, 0.1) is 0 Å². The van der Waals surface area contributed by atoms with Crippen LogP contribution in [-0.4, -0.2) is 60.3 Å². The predicted octanol–water partition coefficient (Wildman–Crippen LogP) is 1.67. The van der Waals surface area contributed by atoms with E-state index in [0.29, 0.717) is 44.0 Å². The van der Waals surface area contributed by atoms with Gasteiger partial charge in [0.1, 0.15) is 12.3 Å². The quantitative estimate of drug-likeness (QED) is 0.814. The molecule has 134 valence electrons. The molecule has 2 aliphatic rings. The van der Waals surface area contributed by atoms with Crippen LogP contribution in [0.15, 0.2) is 29.4 Å². The summed E-state index contributed by atoms with van der Waals surface area (Å²) < 4.78 is 11.7. The molecule has 3 rings (SSSR count). The second-order valence-corrected chi connectivity index (χ2v) is 6.21. The molecule has 0 saturated carbocycles. The van der Waals surface area contributed by atoms with E-state index in [-0.39, 0.29) is 17.9 Å². The van der Waals surface area contributed by atoms with E-state index in [4.69, 9.17) is 9.47 Å². The van der Waals surface area contributed by atoms with Crippen molar-refractivity contribution in [2.45, 2.75) is 32.3 Å². The molecular weight excluding hydrogens is 322 g/mol. The summed E-state index contributed by atoms with van der Waals surface area (Å²) in [6.07, 6.45) is 1.30. The molecule has 0 fully saturated rings. The number of rotatable bonds is 5. The Kier molecular flexibility index (Phi) is 5.21. The monoisotopic (exact) mass is 345 g/mol. The van der Waals surface area contributed by atoms with Crippen LogP contribution in [0.25, 0.3) is 0 Å². The van der Waals surface area contributed by atoms with E-state index in [0.717, 1.165) is 12.2 Å². The van der Waals surface area contributed by atoms with Gasteiger partial charge in [-0.15, -0.1) is 0 Å². The molecule has 0 spiro atoms. The highest BCUT2D eigenvalue weighted by molar-refractivity contribution is 6.39. The lowest BCUT2D eigenvalue weighted by Gasteiger charge is -2.32. The van der Waals surface area contributed by atoms with E-state index in [9.17, 15) is 9.59 Å². The predicted molar refractivity (Wildman–Crippen MR) is 92.7 cm³/mol. The maximum atomic E-state index is 12.8. The Morgan fingerprint density at radius 1 is 1.32 bits per heavy atom. The average Bonchev–Trinajstić information content (AvgIpc) is 2.63. The van der Waals surface area contributed by atoms with E-state index >= 15 is 0 Å². The summed E-state index contributed by atoms with van der Waals surface area (Å²) in [5.41, 5.74) is 0.424. The van der Waals surface area contributed by atoms with Gasteiger partial charge in [-0.3, -0.25) is 9.59 Å². The Morgan fingerprint density at radius 3 is 2.80 bits per heavy atom. The highest BCUT2D eigenvalue weighted by atomic mass is 16.6. The van der Waals surface area contributed by atoms with Crippen LogP contribution in [-0.2, 0) is 9.59 Å². The number of ether oxygens (including phenoxy) is 2. The Hall–Kier alpha value is -2.57. The van der Waals surface area contributed by atoms with Gasteiger partial charge < -0.3 is 14.4 Å². The normalized spacial score (nSPS) is 19.4. The highest BCUT2D eigenvalue weighted by Gasteiger charge is 2.29. The van der Waals surface area contributed by atoms with Crippen molar-refractivity contribution in [3.8, 4) is 11.5 Å². The Morgan fingerprint density at radius 2 is 2.08 bits per heavy atom. The molecule has 0 N–H and O–H groups in total. The molecule has 0 aromatic heterocycles. The minimum atomic E-state index is -0.228. The zero-order valence-electron chi connectivity index (χ0n) is 14.6. The summed E-state index contributed by atoms with van der Waals surface area (Å²) in [7, 11) is 1.58. The summed E-state index contributed by atoms with van der Waals surface area (Å²) in [5, 5.41) is 5.38. The van der Waals surface area contributed by atoms with Gasteiger partial charge >= 0.3 is 0 Å². The molecule has 25 heavy (non-hydrogen) atoms. The number of hydrogen-bond donors (Lipinski definition) is 0. The topological polar surface area (TPSA) is 71.4 Å². The number of fused-ring (bicyclic) bond motifs is 1. The third-order valence-electron chi connectivity index (χ3n) is 4.23. The van der Waals surface area contributed by atoms with Gasteiger partial charge in [-0.25, -0.2) is 5.01 Å². The molecule has 2 heterocycles. The van der Waals surface area contributed by atoms with Gasteiger partial charge in [-0.2, -0.15) is 5.10 Å². The number of nitrogens with zero attached hydrogens (tertiary/aromatic N) is 3. The van der Waals surface area contributed by atoms with Crippen LogP contribution in [0.1, 0.15) is 26.2 Å². The third-order valence-corrected chi connectivity index (χ3v) is 4.23. The second kappa shape index (κ2) is 7.55. The molecule has 1 aromatic rings. The molecule has 0 bridgehead atoms. The zero-order valence-corrected chi connectivity index (χ0v) is 14.6.